The lowest BCUT2D eigenvalue weighted by atomic mass is 10.1. The minimum absolute atomic E-state index is 0.0488. The Kier molecular flexibility index (Phi) is 6.65. The third-order valence-corrected chi connectivity index (χ3v) is 5.56. The number of hydrogen-bond donors (Lipinski definition) is 0. The lowest BCUT2D eigenvalue weighted by Crippen LogP contribution is -2.31. The number of nitrogens with zero attached hydrogens (tertiary/aromatic N) is 2. The van der Waals surface area contributed by atoms with E-state index in [4.69, 9.17) is 16.3 Å². The van der Waals surface area contributed by atoms with Gasteiger partial charge >= 0.3 is 0 Å². The van der Waals surface area contributed by atoms with Crippen molar-refractivity contribution in [3.63, 3.8) is 0 Å². The molecule has 28 heavy (non-hydrogen) atoms. The summed E-state index contributed by atoms with van der Waals surface area (Å²) in [6.07, 6.45) is 0.208. The van der Waals surface area contributed by atoms with Crippen molar-refractivity contribution >= 4 is 28.8 Å². The average Bonchev–Trinajstić information content (AvgIpc) is 3.14. The summed E-state index contributed by atoms with van der Waals surface area (Å²) in [7, 11) is 1.74. The van der Waals surface area contributed by atoms with Crippen LogP contribution in [0.15, 0.2) is 53.9 Å². The van der Waals surface area contributed by atoms with Crippen LogP contribution in [0.5, 0.6) is 5.75 Å². The molecule has 0 saturated carbocycles. The second-order valence-corrected chi connectivity index (χ2v) is 7.76. The standard InChI is InChI=1S/C21H20ClFN2O2S/c1-14(15-3-7-17(23)8-4-15)25(2)21(26)11-18-13-28-20(24-18)12-27-19-9-5-16(22)6-10-19/h3-10,13-14H,11-12H2,1-2H3. The molecule has 146 valence electrons. The van der Waals surface area contributed by atoms with Crippen molar-refractivity contribution in [3.8, 4) is 5.75 Å². The van der Waals surface area contributed by atoms with Crippen LogP contribution in [0, 0.1) is 5.82 Å². The summed E-state index contributed by atoms with van der Waals surface area (Å²) >= 11 is 7.31. The van der Waals surface area contributed by atoms with Crippen LogP contribution < -0.4 is 4.74 Å². The van der Waals surface area contributed by atoms with Crippen molar-refractivity contribution in [2.45, 2.75) is 26.0 Å². The number of carbonyl (C=O) groups excluding carboxylic acids is 1. The van der Waals surface area contributed by atoms with Crippen molar-refractivity contribution in [2.75, 3.05) is 7.05 Å². The van der Waals surface area contributed by atoms with Crippen molar-refractivity contribution in [2.24, 2.45) is 0 Å². The van der Waals surface area contributed by atoms with E-state index in [1.54, 1.807) is 48.3 Å². The van der Waals surface area contributed by atoms with Crippen LogP contribution in [0.25, 0.3) is 0 Å². The molecule has 3 rings (SSSR count). The Morgan fingerprint density at radius 1 is 1.21 bits per heavy atom. The first-order valence-electron chi connectivity index (χ1n) is 8.75. The molecular weight excluding hydrogens is 399 g/mol. The van der Waals surface area contributed by atoms with Crippen molar-refractivity contribution in [1.82, 2.24) is 9.88 Å². The van der Waals surface area contributed by atoms with Crippen LogP contribution in [0.3, 0.4) is 0 Å². The smallest absolute Gasteiger partial charge is 0.228 e. The summed E-state index contributed by atoms with van der Waals surface area (Å²) in [5.74, 6) is 0.373. The fourth-order valence-electron chi connectivity index (χ4n) is 2.63. The molecule has 0 spiro atoms. The molecule has 1 unspecified atom stereocenters. The van der Waals surface area contributed by atoms with Gasteiger partial charge in [-0.15, -0.1) is 11.3 Å². The van der Waals surface area contributed by atoms with Gasteiger partial charge in [-0.05, 0) is 48.9 Å². The molecule has 2 aromatic carbocycles. The Hall–Kier alpha value is -2.44. The second kappa shape index (κ2) is 9.17. The monoisotopic (exact) mass is 418 g/mol. The molecular formula is C21H20ClFN2O2S. The number of hydrogen-bond acceptors (Lipinski definition) is 4. The van der Waals surface area contributed by atoms with Gasteiger partial charge in [0.2, 0.25) is 5.91 Å². The zero-order valence-electron chi connectivity index (χ0n) is 15.6. The number of carbonyl (C=O) groups is 1. The minimum atomic E-state index is -0.291. The highest BCUT2D eigenvalue weighted by Crippen LogP contribution is 2.21. The normalized spacial score (nSPS) is 11.9. The highest BCUT2D eigenvalue weighted by Gasteiger charge is 2.19. The Morgan fingerprint density at radius 3 is 2.57 bits per heavy atom. The number of amides is 1. The van der Waals surface area contributed by atoms with E-state index in [1.807, 2.05) is 12.3 Å². The van der Waals surface area contributed by atoms with E-state index >= 15 is 0 Å². The lowest BCUT2D eigenvalue weighted by Gasteiger charge is -2.25. The summed E-state index contributed by atoms with van der Waals surface area (Å²) in [5.41, 5.74) is 1.59. The first kappa shape index (κ1) is 20.3. The van der Waals surface area contributed by atoms with Gasteiger partial charge in [0.15, 0.2) is 0 Å². The van der Waals surface area contributed by atoms with Gasteiger partial charge in [-0.3, -0.25) is 4.79 Å². The number of thiazole rings is 1. The zero-order chi connectivity index (χ0) is 20.1. The molecule has 1 heterocycles. The van der Waals surface area contributed by atoms with E-state index in [2.05, 4.69) is 4.98 Å². The zero-order valence-corrected chi connectivity index (χ0v) is 17.1. The highest BCUT2D eigenvalue weighted by molar-refractivity contribution is 7.09. The molecule has 3 aromatic rings. The molecule has 1 amide bonds. The van der Waals surface area contributed by atoms with Crippen LogP contribution in [0.4, 0.5) is 4.39 Å². The van der Waals surface area contributed by atoms with Gasteiger partial charge in [0.25, 0.3) is 0 Å². The maximum Gasteiger partial charge on any atom is 0.228 e. The molecule has 0 N–H and O–H groups in total. The van der Waals surface area contributed by atoms with Crippen LogP contribution in [0.1, 0.15) is 29.2 Å². The summed E-state index contributed by atoms with van der Waals surface area (Å²) in [6.45, 7) is 2.25. The SMILES string of the molecule is CC(c1ccc(F)cc1)N(C)C(=O)Cc1csc(COc2ccc(Cl)cc2)n1. The predicted octanol–water partition coefficient (Wildman–Crippen LogP) is 5.28. The maximum atomic E-state index is 13.1. The highest BCUT2D eigenvalue weighted by atomic mass is 35.5. The maximum absolute atomic E-state index is 13.1. The number of likely N-dealkylation sites (N-methyl/N-ethyl adjacent to an activating group) is 1. The van der Waals surface area contributed by atoms with Gasteiger partial charge < -0.3 is 9.64 Å². The topological polar surface area (TPSA) is 42.4 Å². The molecule has 7 heteroatoms. The molecule has 0 bridgehead atoms. The molecule has 0 radical (unpaired) electrons. The molecule has 0 aliphatic carbocycles. The van der Waals surface area contributed by atoms with E-state index in [1.165, 1.54) is 23.5 Å². The second-order valence-electron chi connectivity index (χ2n) is 6.38. The Morgan fingerprint density at radius 2 is 1.89 bits per heavy atom. The molecule has 1 atom stereocenters. The van der Waals surface area contributed by atoms with E-state index in [-0.39, 0.29) is 24.2 Å². The van der Waals surface area contributed by atoms with Gasteiger partial charge in [0.1, 0.15) is 23.2 Å². The summed E-state index contributed by atoms with van der Waals surface area (Å²) in [6, 6.07) is 13.2. The van der Waals surface area contributed by atoms with Crippen molar-refractivity contribution in [1.29, 1.82) is 0 Å². The van der Waals surface area contributed by atoms with Crippen molar-refractivity contribution in [3.05, 3.63) is 81.0 Å². The fourth-order valence-corrected chi connectivity index (χ4v) is 3.46. The largest absolute Gasteiger partial charge is 0.486 e. The van der Waals surface area contributed by atoms with Crippen LogP contribution in [-0.2, 0) is 17.8 Å². The molecule has 1 aromatic heterocycles. The van der Waals surface area contributed by atoms with E-state index < -0.39 is 0 Å². The number of rotatable bonds is 7. The van der Waals surface area contributed by atoms with Gasteiger partial charge in [0, 0.05) is 17.5 Å². The minimum Gasteiger partial charge on any atom is -0.486 e. The van der Waals surface area contributed by atoms with Crippen LogP contribution in [-0.4, -0.2) is 22.8 Å². The van der Waals surface area contributed by atoms with E-state index in [9.17, 15) is 9.18 Å². The van der Waals surface area contributed by atoms with Crippen LogP contribution in [0.2, 0.25) is 5.02 Å². The molecule has 0 fully saturated rings. The third kappa shape index (κ3) is 5.30. The summed E-state index contributed by atoms with van der Waals surface area (Å²) < 4.78 is 18.8. The lowest BCUT2D eigenvalue weighted by molar-refractivity contribution is -0.131. The van der Waals surface area contributed by atoms with Crippen LogP contribution >= 0.6 is 22.9 Å². The van der Waals surface area contributed by atoms with E-state index in [0.717, 1.165) is 10.6 Å². The fraction of sp³-hybridized carbons (Fsp3) is 0.238. The molecule has 0 saturated heterocycles. The number of halogens is 2. The average molecular weight is 419 g/mol. The Bertz CT molecular complexity index is 928. The third-order valence-electron chi connectivity index (χ3n) is 4.43. The van der Waals surface area contributed by atoms with E-state index in [0.29, 0.717) is 23.1 Å². The Balaban J connectivity index is 1.55. The first-order valence-corrected chi connectivity index (χ1v) is 10.0. The number of benzene rings is 2. The van der Waals surface area contributed by atoms with Gasteiger partial charge in [0.05, 0.1) is 18.2 Å². The van der Waals surface area contributed by atoms with Gasteiger partial charge in [-0.25, -0.2) is 9.37 Å². The molecule has 4 nitrogen and oxygen atoms in total. The number of ether oxygens (including phenoxy) is 1. The number of aromatic nitrogens is 1. The molecule has 0 aliphatic heterocycles. The first-order chi connectivity index (χ1) is 13.4. The summed E-state index contributed by atoms with van der Waals surface area (Å²) in [5, 5.41) is 3.32. The quantitative estimate of drug-likeness (QED) is 0.524. The summed E-state index contributed by atoms with van der Waals surface area (Å²) in [4.78, 5) is 18.7. The molecule has 0 aliphatic rings. The van der Waals surface area contributed by atoms with Gasteiger partial charge in [-0.1, -0.05) is 23.7 Å². The van der Waals surface area contributed by atoms with Crippen molar-refractivity contribution < 1.29 is 13.9 Å². The predicted molar refractivity (Wildman–Crippen MR) is 109 cm³/mol. The van der Waals surface area contributed by atoms with Gasteiger partial charge in [-0.2, -0.15) is 0 Å². The Labute approximate surface area is 172 Å².